The third kappa shape index (κ3) is 2.46. The highest BCUT2D eigenvalue weighted by Crippen LogP contribution is 2.40. The van der Waals surface area contributed by atoms with Crippen molar-refractivity contribution in [3.63, 3.8) is 0 Å². The van der Waals surface area contributed by atoms with Crippen LogP contribution in [-0.4, -0.2) is 23.5 Å². The molecular formula is C13H16ClN3O2. The van der Waals surface area contributed by atoms with Gasteiger partial charge in [-0.1, -0.05) is 11.6 Å². The Labute approximate surface area is 116 Å². The molecule has 0 saturated heterocycles. The first-order chi connectivity index (χ1) is 9.08. The smallest absolute Gasteiger partial charge is 0.141 e. The molecule has 0 unspecified atom stereocenters. The highest BCUT2D eigenvalue weighted by Gasteiger charge is 2.16. The summed E-state index contributed by atoms with van der Waals surface area (Å²) in [4.78, 5) is 0. The minimum Gasteiger partial charge on any atom is -0.495 e. The van der Waals surface area contributed by atoms with E-state index in [1.807, 2.05) is 6.92 Å². The summed E-state index contributed by atoms with van der Waals surface area (Å²) in [5, 5.41) is 4.63. The van der Waals surface area contributed by atoms with Crippen LogP contribution in [0, 0.1) is 0 Å². The van der Waals surface area contributed by atoms with Crippen LogP contribution in [0.5, 0.6) is 11.5 Å². The number of methoxy groups -OCH3 is 1. The van der Waals surface area contributed by atoms with Gasteiger partial charge in [0.05, 0.1) is 24.9 Å². The van der Waals surface area contributed by atoms with Gasteiger partial charge in [-0.25, -0.2) is 0 Å². The van der Waals surface area contributed by atoms with E-state index in [0.29, 0.717) is 28.9 Å². The molecule has 2 N–H and O–H groups in total. The molecule has 0 aliphatic heterocycles. The first-order valence-corrected chi connectivity index (χ1v) is 6.24. The molecule has 102 valence electrons. The predicted molar refractivity (Wildman–Crippen MR) is 75.8 cm³/mol. The first kappa shape index (κ1) is 13.5. The molecule has 1 aromatic heterocycles. The number of ether oxygens (including phenoxy) is 2. The zero-order valence-corrected chi connectivity index (χ0v) is 11.9. The maximum Gasteiger partial charge on any atom is 0.141 e. The van der Waals surface area contributed by atoms with Gasteiger partial charge in [-0.2, -0.15) is 5.10 Å². The Bertz CT molecular complexity index is 596. The van der Waals surface area contributed by atoms with E-state index in [0.717, 1.165) is 11.1 Å². The molecule has 0 saturated carbocycles. The van der Waals surface area contributed by atoms with Gasteiger partial charge in [0.15, 0.2) is 0 Å². The molecule has 19 heavy (non-hydrogen) atoms. The fourth-order valence-corrected chi connectivity index (χ4v) is 2.07. The number of anilines is 1. The van der Waals surface area contributed by atoms with E-state index in [1.54, 1.807) is 37.2 Å². The number of nitrogens with zero attached hydrogens (tertiary/aromatic N) is 2. The topological polar surface area (TPSA) is 62.3 Å². The molecule has 1 heterocycles. The summed E-state index contributed by atoms with van der Waals surface area (Å²) in [7, 11) is 3.35. The molecule has 2 rings (SSSR count). The quantitative estimate of drug-likeness (QED) is 0.936. The number of nitrogen functional groups attached to an aromatic ring is 1. The number of hydrogen-bond donors (Lipinski definition) is 1. The van der Waals surface area contributed by atoms with Crippen molar-refractivity contribution in [2.75, 3.05) is 19.5 Å². The predicted octanol–water partition coefficient (Wildman–Crippen LogP) is 2.73. The van der Waals surface area contributed by atoms with Crippen molar-refractivity contribution in [1.29, 1.82) is 0 Å². The Hall–Kier alpha value is -1.88. The lowest BCUT2D eigenvalue weighted by molar-refractivity contribution is 0.337. The molecule has 0 aliphatic carbocycles. The van der Waals surface area contributed by atoms with Gasteiger partial charge in [0.2, 0.25) is 0 Å². The Morgan fingerprint density at radius 3 is 2.58 bits per heavy atom. The number of nitrogens with two attached hydrogens (primary N) is 1. The summed E-state index contributed by atoms with van der Waals surface area (Å²) in [6.07, 6.45) is 1.69. The van der Waals surface area contributed by atoms with Crippen LogP contribution >= 0.6 is 11.6 Å². The summed E-state index contributed by atoms with van der Waals surface area (Å²) in [6.45, 7) is 2.45. The highest BCUT2D eigenvalue weighted by molar-refractivity contribution is 6.32. The van der Waals surface area contributed by atoms with Crippen molar-refractivity contribution in [2.45, 2.75) is 6.92 Å². The fraction of sp³-hybridized carbons (Fsp3) is 0.308. The average molecular weight is 282 g/mol. The zero-order chi connectivity index (χ0) is 14.0. The number of rotatable bonds is 4. The maximum absolute atomic E-state index is 6.16. The van der Waals surface area contributed by atoms with Crippen LogP contribution in [0.2, 0.25) is 5.02 Å². The van der Waals surface area contributed by atoms with Gasteiger partial charge in [0.25, 0.3) is 0 Å². The van der Waals surface area contributed by atoms with E-state index in [4.69, 9.17) is 26.8 Å². The summed E-state index contributed by atoms with van der Waals surface area (Å²) < 4.78 is 12.4. The van der Waals surface area contributed by atoms with Crippen molar-refractivity contribution >= 4 is 17.4 Å². The van der Waals surface area contributed by atoms with E-state index < -0.39 is 0 Å². The molecule has 0 fully saturated rings. The fourth-order valence-electron chi connectivity index (χ4n) is 1.83. The molecule has 0 atom stereocenters. The van der Waals surface area contributed by atoms with E-state index in [2.05, 4.69) is 5.10 Å². The molecule has 6 heteroatoms. The summed E-state index contributed by atoms with van der Waals surface area (Å²) in [5.41, 5.74) is 7.58. The van der Waals surface area contributed by atoms with Crippen LogP contribution in [0.15, 0.2) is 18.3 Å². The number of halogens is 1. The van der Waals surface area contributed by atoms with Crippen molar-refractivity contribution in [3.05, 3.63) is 23.4 Å². The summed E-state index contributed by atoms with van der Waals surface area (Å²) in [6, 6.07) is 3.53. The summed E-state index contributed by atoms with van der Waals surface area (Å²) in [5.74, 6) is 1.79. The Morgan fingerprint density at radius 2 is 2.05 bits per heavy atom. The minimum absolute atomic E-state index is 0.504. The second-order valence-electron chi connectivity index (χ2n) is 3.98. The van der Waals surface area contributed by atoms with Crippen LogP contribution in [0.4, 0.5) is 5.82 Å². The highest BCUT2D eigenvalue weighted by atomic mass is 35.5. The Kier molecular flexibility index (Phi) is 3.85. The standard InChI is InChI=1S/C13H16ClN3O2/c1-4-19-11-6-12(18-3)10(14)5-8(11)9-7-16-17(2)13(9)15/h5-7H,4,15H2,1-3H3. The second-order valence-corrected chi connectivity index (χ2v) is 4.39. The van der Waals surface area contributed by atoms with Crippen LogP contribution < -0.4 is 15.2 Å². The molecule has 0 amide bonds. The second kappa shape index (κ2) is 5.40. The molecule has 1 aromatic carbocycles. The van der Waals surface area contributed by atoms with Gasteiger partial charge < -0.3 is 15.2 Å². The van der Waals surface area contributed by atoms with Gasteiger partial charge in [-0.3, -0.25) is 4.68 Å². The molecular weight excluding hydrogens is 266 g/mol. The lowest BCUT2D eigenvalue weighted by atomic mass is 10.1. The van der Waals surface area contributed by atoms with Crippen LogP contribution in [0.25, 0.3) is 11.1 Å². The summed E-state index contributed by atoms with van der Waals surface area (Å²) >= 11 is 6.16. The van der Waals surface area contributed by atoms with Gasteiger partial charge in [0, 0.05) is 24.2 Å². The number of aryl methyl sites for hydroxylation is 1. The van der Waals surface area contributed by atoms with E-state index in [1.165, 1.54) is 0 Å². The zero-order valence-electron chi connectivity index (χ0n) is 11.1. The molecule has 0 bridgehead atoms. The number of aromatic nitrogens is 2. The van der Waals surface area contributed by atoms with Crippen molar-refractivity contribution < 1.29 is 9.47 Å². The monoisotopic (exact) mass is 281 g/mol. The molecule has 0 spiro atoms. The Balaban J connectivity index is 2.61. The Morgan fingerprint density at radius 1 is 1.32 bits per heavy atom. The lowest BCUT2D eigenvalue weighted by Crippen LogP contribution is -2.00. The minimum atomic E-state index is 0.504. The normalized spacial score (nSPS) is 10.5. The average Bonchev–Trinajstić information content (AvgIpc) is 2.72. The molecule has 5 nitrogen and oxygen atoms in total. The number of benzene rings is 1. The van der Waals surface area contributed by atoms with Gasteiger partial charge in [0.1, 0.15) is 17.3 Å². The maximum atomic E-state index is 6.16. The lowest BCUT2D eigenvalue weighted by Gasteiger charge is -2.13. The van der Waals surface area contributed by atoms with E-state index in [-0.39, 0.29) is 0 Å². The SMILES string of the molecule is CCOc1cc(OC)c(Cl)cc1-c1cnn(C)c1N. The van der Waals surface area contributed by atoms with E-state index in [9.17, 15) is 0 Å². The number of hydrogen-bond acceptors (Lipinski definition) is 4. The van der Waals surface area contributed by atoms with Crippen molar-refractivity contribution in [3.8, 4) is 22.6 Å². The van der Waals surface area contributed by atoms with E-state index >= 15 is 0 Å². The molecule has 2 aromatic rings. The van der Waals surface area contributed by atoms with Crippen molar-refractivity contribution in [2.24, 2.45) is 7.05 Å². The largest absolute Gasteiger partial charge is 0.495 e. The van der Waals surface area contributed by atoms with Crippen molar-refractivity contribution in [1.82, 2.24) is 9.78 Å². The van der Waals surface area contributed by atoms with Gasteiger partial charge in [-0.15, -0.1) is 0 Å². The third-order valence-corrected chi connectivity index (χ3v) is 3.12. The van der Waals surface area contributed by atoms with Gasteiger partial charge in [-0.05, 0) is 13.0 Å². The third-order valence-electron chi connectivity index (χ3n) is 2.83. The van der Waals surface area contributed by atoms with Crippen LogP contribution in [-0.2, 0) is 7.05 Å². The van der Waals surface area contributed by atoms with Crippen LogP contribution in [0.1, 0.15) is 6.92 Å². The van der Waals surface area contributed by atoms with Gasteiger partial charge >= 0.3 is 0 Å². The molecule has 0 aliphatic rings. The molecule has 0 radical (unpaired) electrons. The van der Waals surface area contributed by atoms with Crippen LogP contribution in [0.3, 0.4) is 0 Å². The first-order valence-electron chi connectivity index (χ1n) is 5.86.